The van der Waals surface area contributed by atoms with Crippen molar-refractivity contribution in [3.8, 4) is 0 Å². The topological polar surface area (TPSA) is 75.7 Å². The van der Waals surface area contributed by atoms with Crippen molar-refractivity contribution in [3.05, 3.63) is 12.2 Å². The summed E-state index contributed by atoms with van der Waals surface area (Å²) in [6, 6.07) is -0.475. The van der Waals surface area contributed by atoms with E-state index >= 15 is 0 Å². The molecule has 1 heterocycles. The zero-order valence-electron chi connectivity index (χ0n) is 16.0. The lowest BCUT2D eigenvalue weighted by Gasteiger charge is -2.43. The monoisotopic (exact) mass is 362 g/mol. The predicted octanol–water partition coefficient (Wildman–Crippen LogP) is 3.02. The quantitative estimate of drug-likeness (QED) is 0.474. The Hall–Kier alpha value is -1.85. The molecule has 0 aromatic rings. The molecule has 3 atom stereocenters. The minimum Gasteiger partial charge on any atom is -0.464 e. The third kappa shape index (κ3) is 3.94. The van der Waals surface area contributed by atoms with Crippen LogP contribution in [0.5, 0.6) is 0 Å². The third-order valence-electron chi connectivity index (χ3n) is 5.77. The minimum atomic E-state index is -0.868. The van der Waals surface area contributed by atoms with Gasteiger partial charge in [-0.05, 0) is 55.8 Å². The fourth-order valence-corrected chi connectivity index (χ4v) is 5.04. The molecule has 1 saturated carbocycles. The van der Waals surface area contributed by atoms with Crippen molar-refractivity contribution < 1.29 is 19.1 Å². The Morgan fingerprint density at radius 2 is 2.08 bits per heavy atom. The first-order chi connectivity index (χ1) is 12.2. The molecule has 26 heavy (non-hydrogen) atoms. The van der Waals surface area contributed by atoms with Crippen molar-refractivity contribution in [2.24, 2.45) is 17.3 Å². The van der Waals surface area contributed by atoms with E-state index in [1.807, 2.05) is 0 Å². The molecule has 0 radical (unpaired) electrons. The van der Waals surface area contributed by atoms with Gasteiger partial charge in [0.25, 0.3) is 5.91 Å². The number of hydrogen-bond acceptors (Lipinski definition) is 4. The summed E-state index contributed by atoms with van der Waals surface area (Å²) < 4.78 is 5.33. The van der Waals surface area contributed by atoms with E-state index in [1.54, 1.807) is 0 Å². The average molecular weight is 362 g/mol. The molecule has 1 saturated heterocycles. The molecule has 2 aliphatic carbocycles. The third-order valence-corrected chi connectivity index (χ3v) is 5.77. The highest BCUT2D eigenvalue weighted by Gasteiger charge is 2.56. The normalized spacial score (nSPS) is 33.4. The standard InChI is InChI=1S/C20H30N2O4/c1-14-9-19(2,3)13-20(10-14)17(24)22(18(25)21-20)11-16(23)26-12-15-7-5-4-6-8-15/h4-5,14-15H,6-13H2,1-3H3,(H,21,25). The lowest BCUT2D eigenvalue weighted by atomic mass is 9.64. The number of carbonyl (C=O) groups excluding carboxylic acids is 3. The second-order valence-corrected chi connectivity index (χ2v) is 9.09. The molecular formula is C20H30N2O4. The fraction of sp³-hybridized carbons (Fsp3) is 0.750. The van der Waals surface area contributed by atoms with Crippen LogP contribution in [0.4, 0.5) is 4.79 Å². The Kier molecular flexibility index (Phi) is 5.13. The number of rotatable bonds is 4. The van der Waals surface area contributed by atoms with E-state index in [2.05, 4.69) is 38.2 Å². The van der Waals surface area contributed by atoms with Gasteiger partial charge in [-0.15, -0.1) is 0 Å². The first-order valence-electron chi connectivity index (χ1n) is 9.65. The average Bonchev–Trinajstić information content (AvgIpc) is 2.75. The SMILES string of the molecule is CC1CC(C)(C)CC2(C1)NC(=O)N(CC(=O)OCC1CC=CCC1)C2=O. The lowest BCUT2D eigenvalue weighted by Crippen LogP contribution is -2.54. The molecule has 0 bridgehead atoms. The largest absolute Gasteiger partial charge is 0.464 e. The molecule has 0 aromatic heterocycles. The Morgan fingerprint density at radius 3 is 2.73 bits per heavy atom. The Balaban J connectivity index is 1.60. The Morgan fingerprint density at radius 1 is 1.31 bits per heavy atom. The molecule has 1 N–H and O–H groups in total. The molecule has 144 valence electrons. The molecule has 3 amide bonds. The second kappa shape index (κ2) is 7.05. The van der Waals surface area contributed by atoms with E-state index < -0.39 is 17.5 Å². The first-order valence-corrected chi connectivity index (χ1v) is 9.65. The number of amides is 3. The summed E-state index contributed by atoms with van der Waals surface area (Å²) in [6.07, 6.45) is 9.42. The molecule has 6 heteroatoms. The molecular weight excluding hydrogens is 332 g/mol. The van der Waals surface area contributed by atoms with Gasteiger partial charge in [-0.1, -0.05) is 32.9 Å². The van der Waals surface area contributed by atoms with E-state index in [0.717, 1.165) is 30.6 Å². The summed E-state index contributed by atoms with van der Waals surface area (Å²) in [5.74, 6) is -0.115. The van der Waals surface area contributed by atoms with Crippen LogP contribution in [0.2, 0.25) is 0 Å². The number of ether oxygens (including phenoxy) is 1. The highest BCUT2D eigenvalue weighted by molar-refractivity contribution is 6.08. The van der Waals surface area contributed by atoms with Gasteiger partial charge in [0.2, 0.25) is 0 Å². The van der Waals surface area contributed by atoms with Gasteiger partial charge in [-0.2, -0.15) is 0 Å². The number of imide groups is 1. The smallest absolute Gasteiger partial charge is 0.326 e. The summed E-state index contributed by atoms with van der Waals surface area (Å²) in [7, 11) is 0. The van der Waals surface area contributed by atoms with Crippen LogP contribution in [0.3, 0.4) is 0 Å². The summed E-state index contributed by atoms with van der Waals surface area (Å²) in [6.45, 7) is 6.40. The van der Waals surface area contributed by atoms with Crippen molar-refractivity contribution in [3.63, 3.8) is 0 Å². The van der Waals surface area contributed by atoms with Gasteiger partial charge < -0.3 is 10.1 Å². The number of nitrogens with zero attached hydrogens (tertiary/aromatic N) is 1. The minimum absolute atomic E-state index is 0.0222. The van der Waals surface area contributed by atoms with Gasteiger partial charge >= 0.3 is 12.0 Å². The lowest BCUT2D eigenvalue weighted by molar-refractivity contribution is -0.149. The van der Waals surface area contributed by atoms with Gasteiger partial charge in [-0.3, -0.25) is 14.5 Å². The van der Waals surface area contributed by atoms with Crippen LogP contribution in [0, 0.1) is 17.3 Å². The number of esters is 1. The molecule has 2 fully saturated rings. The maximum Gasteiger partial charge on any atom is 0.326 e. The predicted molar refractivity (Wildman–Crippen MR) is 97.2 cm³/mol. The maximum absolute atomic E-state index is 13.0. The van der Waals surface area contributed by atoms with Crippen LogP contribution in [-0.4, -0.2) is 41.5 Å². The van der Waals surface area contributed by atoms with Crippen molar-refractivity contribution in [2.45, 2.75) is 64.8 Å². The molecule has 0 aromatic carbocycles. The highest BCUT2D eigenvalue weighted by atomic mass is 16.5. The van der Waals surface area contributed by atoms with Crippen molar-refractivity contribution in [2.75, 3.05) is 13.2 Å². The van der Waals surface area contributed by atoms with Gasteiger partial charge in [-0.25, -0.2) is 4.79 Å². The summed E-state index contributed by atoms with van der Waals surface area (Å²) in [5.41, 5.74) is -0.891. The first kappa shape index (κ1) is 18.9. The highest BCUT2D eigenvalue weighted by Crippen LogP contribution is 2.46. The van der Waals surface area contributed by atoms with Crippen LogP contribution in [0.1, 0.15) is 59.3 Å². The van der Waals surface area contributed by atoms with Crippen LogP contribution in [-0.2, 0) is 14.3 Å². The summed E-state index contributed by atoms with van der Waals surface area (Å²) in [5, 5.41) is 2.89. The van der Waals surface area contributed by atoms with E-state index in [4.69, 9.17) is 4.74 Å². The van der Waals surface area contributed by atoms with E-state index in [1.165, 1.54) is 0 Å². The Labute approximate surface area is 155 Å². The van der Waals surface area contributed by atoms with E-state index in [0.29, 0.717) is 31.3 Å². The number of allylic oxidation sites excluding steroid dienone is 2. The van der Waals surface area contributed by atoms with Crippen molar-refractivity contribution in [1.29, 1.82) is 0 Å². The van der Waals surface area contributed by atoms with Gasteiger partial charge in [0.1, 0.15) is 12.1 Å². The van der Waals surface area contributed by atoms with Gasteiger partial charge in [0, 0.05) is 0 Å². The number of urea groups is 1. The van der Waals surface area contributed by atoms with Crippen LogP contribution < -0.4 is 5.32 Å². The molecule has 3 unspecified atom stereocenters. The maximum atomic E-state index is 13.0. The van der Waals surface area contributed by atoms with E-state index in [9.17, 15) is 14.4 Å². The Bertz CT molecular complexity index is 627. The second-order valence-electron chi connectivity index (χ2n) is 9.09. The van der Waals surface area contributed by atoms with Crippen molar-refractivity contribution >= 4 is 17.9 Å². The van der Waals surface area contributed by atoms with Gasteiger partial charge in [0.05, 0.1) is 6.61 Å². The number of nitrogens with one attached hydrogen (secondary N) is 1. The zero-order valence-corrected chi connectivity index (χ0v) is 16.0. The van der Waals surface area contributed by atoms with Crippen LogP contribution in [0.25, 0.3) is 0 Å². The number of hydrogen-bond donors (Lipinski definition) is 1. The fourth-order valence-electron chi connectivity index (χ4n) is 5.04. The number of carbonyl (C=O) groups is 3. The van der Waals surface area contributed by atoms with Crippen molar-refractivity contribution in [1.82, 2.24) is 10.2 Å². The molecule has 6 nitrogen and oxygen atoms in total. The molecule has 1 spiro atoms. The summed E-state index contributed by atoms with van der Waals surface area (Å²) >= 11 is 0. The molecule has 3 aliphatic rings. The van der Waals surface area contributed by atoms with Crippen LogP contribution >= 0.6 is 0 Å². The zero-order chi connectivity index (χ0) is 18.9. The molecule has 1 aliphatic heterocycles. The summed E-state index contributed by atoms with van der Waals surface area (Å²) in [4.78, 5) is 38.6. The molecule has 3 rings (SSSR count). The van der Waals surface area contributed by atoms with E-state index in [-0.39, 0.29) is 17.9 Å². The van der Waals surface area contributed by atoms with Gasteiger partial charge in [0.15, 0.2) is 0 Å². The van der Waals surface area contributed by atoms with Crippen LogP contribution in [0.15, 0.2) is 12.2 Å².